The minimum absolute atomic E-state index is 0.589. The van der Waals surface area contributed by atoms with E-state index in [1.807, 2.05) is 19.3 Å². The SMILES string of the molecule is Cc1noc2ncc(CNCc3sncc3Br)cc12. The normalized spacial score (nSPS) is 11.3. The van der Waals surface area contributed by atoms with Gasteiger partial charge in [0.05, 0.1) is 26.6 Å². The van der Waals surface area contributed by atoms with E-state index in [9.17, 15) is 0 Å². The van der Waals surface area contributed by atoms with E-state index in [1.54, 1.807) is 0 Å². The Hall–Kier alpha value is -1.31. The van der Waals surface area contributed by atoms with Crippen LogP contribution in [0, 0.1) is 6.92 Å². The van der Waals surface area contributed by atoms with Gasteiger partial charge in [-0.05, 0) is 46.0 Å². The number of aryl methyl sites for hydroxylation is 1. The monoisotopic (exact) mass is 338 g/mol. The summed E-state index contributed by atoms with van der Waals surface area (Å²) in [5.74, 6) is 0. The number of hydrogen-bond donors (Lipinski definition) is 1. The summed E-state index contributed by atoms with van der Waals surface area (Å²) in [6.07, 6.45) is 3.62. The average molecular weight is 339 g/mol. The van der Waals surface area contributed by atoms with Crippen molar-refractivity contribution < 1.29 is 4.52 Å². The first-order chi connectivity index (χ1) is 9.24. The zero-order chi connectivity index (χ0) is 13.2. The number of halogens is 1. The summed E-state index contributed by atoms with van der Waals surface area (Å²) < 4.78 is 10.3. The van der Waals surface area contributed by atoms with Crippen LogP contribution in [-0.2, 0) is 13.1 Å². The number of hydrogen-bond acceptors (Lipinski definition) is 6. The smallest absolute Gasteiger partial charge is 0.257 e. The van der Waals surface area contributed by atoms with Crippen LogP contribution in [0.5, 0.6) is 0 Å². The van der Waals surface area contributed by atoms with E-state index in [4.69, 9.17) is 4.52 Å². The van der Waals surface area contributed by atoms with Gasteiger partial charge in [0, 0.05) is 19.3 Å². The van der Waals surface area contributed by atoms with Gasteiger partial charge in [-0.15, -0.1) is 0 Å². The Bertz CT molecular complexity index is 709. The van der Waals surface area contributed by atoms with Crippen LogP contribution in [0.25, 0.3) is 11.1 Å². The molecule has 0 amide bonds. The van der Waals surface area contributed by atoms with Gasteiger partial charge in [0.1, 0.15) is 0 Å². The molecule has 0 saturated carbocycles. The molecule has 98 valence electrons. The van der Waals surface area contributed by atoms with Gasteiger partial charge >= 0.3 is 0 Å². The van der Waals surface area contributed by atoms with E-state index < -0.39 is 0 Å². The minimum atomic E-state index is 0.589. The van der Waals surface area contributed by atoms with Crippen molar-refractivity contribution in [3.8, 4) is 0 Å². The lowest BCUT2D eigenvalue weighted by atomic mass is 10.2. The van der Waals surface area contributed by atoms with E-state index in [0.717, 1.165) is 34.2 Å². The van der Waals surface area contributed by atoms with Crippen LogP contribution in [0.15, 0.2) is 27.5 Å². The Morgan fingerprint density at radius 2 is 2.26 bits per heavy atom. The van der Waals surface area contributed by atoms with E-state index in [-0.39, 0.29) is 0 Å². The predicted molar refractivity (Wildman–Crippen MR) is 76.9 cm³/mol. The first kappa shape index (κ1) is 12.7. The van der Waals surface area contributed by atoms with Gasteiger partial charge in [-0.1, -0.05) is 5.16 Å². The maximum atomic E-state index is 5.09. The van der Waals surface area contributed by atoms with Crippen molar-refractivity contribution in [3.05, 3.63) is 39.1 Å². The highest BCUT2D eigenvalue weighted by atomic mass is 79.9. The summed E-state index contributed by atoms with van der Waals surface area (Å²) in [7, 11) is 0. The van der Waals surface area contributed by atoms with Gasteiger partial charge < -0.3 is 9.84 Å². The Labute approximate surface area is 122 Å². The van der Waals surface area contributed by atoms with Crippen LogP contribution in [0.2, 0.25) is 0 Å². The third-order valence-electron chi connectivity index (χ3n) is 2.78. The highest BCUT2D eigenvalue weighted by Gasteiger charge is 2.07. The van der Waals surface area contributed by atoms with Crippen molar-refractivity contribution in [2.75, 3.05) is 0 Å². The largest absolute Gasteiger partial charge is 0.336 e. The van der Waals surface area contributed by atoms with E-state index in [0.29, 0.717) is 5.71 Å². The van der Waals surface area contributed by atoms with Crippen molar-refractivity contribution in [1.82, 2.24) is 19.8 Å². The fraction of sp³-hybridized carbons (Fsp3) is 0.250. The molecule has 0 fully saturated rings. The molecule has 0 aliphatic heterocycles. The second-order valence-electron chi connectivity index (χ2n) is 4.16. The molecule has 0 radical (unpaired) electrons. The summed E-state index contributed by atoms with van der Waals surface area (Å²) in [5.41, 5.74) is 2.57. The van der Waals surface area contributed by atoms with Crippen molar-refractivity contribution in [1.29, 1.82) is 0 Å². The highest BCUT2D eigenvalue weighted by molar-refractivity contribution is 9.10. The third kappa shape index (κ3) is 2.68. The number of nitrogens with zero attached hydrogens (tertiary/aromatic N) is 3. The molecule has 3 aromatic rings. The van der Waals surface area contributed by atoms with Crippen LogP contribution < -0.4 is 5.32 Å². The van der Waals surface area contributed by atoms with Gasteiger partial charge in [0.25, 0.3) is 5.71 Å². The molecule has 0 aromatic carbocycles. The first-order valence-corrected chi connectivity index (χ1v) is 7.31. The summed E-state index contributed by atoms with van der Waals surface area (Å²) in [6, 6.07) is 2.06. The lowest BCUT2D eigenvalue weighted by molar-refractivity contribution is 0.443. The predicted octanol–water partition coefficient (Wildman–Crippen LogP) is 3.04. The number of nitrogens with one attached hydrogen (secondary N) is 1. The van der Waals surface area contributed by atoms with E-state index in [1.165, 1.54) is 16.4 Å². The molecule has 0 aliphatic rings. The molecule has 0 aliphatic carbocycles. The first-order valence-electron chi connectivity index (χ1n) is 5.74. The molecule has 1 N–H and O–H groups in total. The van der Waals surface area contributed by atoms with Crippen molar-refractivity contribution in [2.24, 2.45) is 0 Å². The Balaban J connectivity index is 1.68. The second kappa shape index (κ2) is 5.36. The summed E-state index contributed by atoms with van der Waals surface area (Å²) in [5, 5.41) is 8.24. The van der Waals surface area contributed by atoms with Gasteiger partial charge in [-0.2, -0.15) is 4.37 Å². The zero-order valence-corrected chi connectivity index (χ0v) is 12.6. The topological polar surface area (TPSA) is 63.8 Å². The maximum Gasteiger partial charge on any atom is 0.257 e. The molecule has 7 heteroatoms. The van der Waals surface area contributed by atoms with Gasteiger partial charge in [0.15, 0.2) is 0 Å². The molecule has 3 rings (SSSR count). The molecule has 0 spiro atoms. The Kier molecular flexibility index (Phi) is 3.58. The Morgan fingerprint density at radius 3 is 3.05 bits per heavy atom. The van der Waals surface area contributed by atoms with Crippen LogP contribution >= 0.6 is 27.5 Å². The molecular formula is C12H11BrN4OS. The minimum Gasteiger partial charge on any atom is -0.336 e. The number of aromatic nitrogens is 3. The molecule has 0 saturated heterocycles. The third-order valence-corrected chi connectivity index (χ3v) is 4.52. The maximum absolute atomic E-state index is 5.09. The van der Waals surface area contributed by atoms with Crippen LogP contribution in [-0.4, -0.2) is 14.5 Å². The molecule has 0 unspecified atom stereocenters. The van der Waals surface area contributed by atoms with Crippen molar-refractivity contribution >= 4 is 38.6 Å². The number of fused-ring (bicyclic) bond motifs is 1. The summed E-state index contributed by atoms with van der Waals surface area (Å²) >= 11 is 4.96. The fourth-order valence-corrected chi connectivity index (χ4v) is 2.96. The average Bonchev–Trinajstić information content (AvgIpc) is 2.98. The zero-order valence-electron chi connectivity index (χ0n) is 10.2. The Morgan fingerprint density at radius 1 is 1.37 bits per heavy atom. The summed E-state index contributed by atoms with van der Waals surface area (Å²) in [4.78, 5) is 5.44. The number of pyridine rings is 1. The standard InChI is InChI=1S/C12H11BrN4OS/c1-7-9-2-8(4-15-12(9)18-17-7)3-14-6-11-10(13)5-16-19-11/h2,4-5,14H,3,6H2,1H3. The lowest BCUT2D eigenvalue weighted by Crippen LogP contribution is -2.12. The quantitative estimate of drug-likeness (QED) is 0.792. The molecule has 3 aromatic heterocycles. The molecule has 0 atom stereocenters. The van der Waals surface area contributed by atoms with Crippen molar-refractivity contribution in [2.45, 2.75) is 20.0 Å². The van der Waals surface area contributed by atoms with E-state index in [2.05, 4.69) is 41.8 Å². The van der Waals surface area contributed by atoms with Gasteiger partial charge in [0.2, 0.25) is 0 Å². The second-order valence-corrected chi connectivity index (χ2v) is 5.91. The van der Waals surface area contributed by atoms with Crippen LogP contribution in [0.1, 0.15) is 16.1 Å². The molecular weight excluding hydrogens is 328 g/mol. The molecule has 19 heavy (non-hydrogen) atoms. The van der Waals surface area contributed by atoms with Crippen molar-refractivity contribution in [3.63, 3.8) is 0 Å². The van der Waals surface area contributed by atoms with Crippen LogP contribution in [0.3, 0.4) is 0 Å². The molecule has 0 bridgehead atoms. The number of rotatable bonds is 4. The molecule has 5 nitrogen and oxygen atoms in total. The molecule has 3 heterocycles. The van der Waals surface area contributed by atoms with Gasteiger partial charge in [-0.25, -0.2) is 4.98 Å². The summed E-state index contributed by atoms with van der Waals surface area (Å²) in [6.45, 7) is 3.45. The van der Waals surface area contributed by atoms with Gasteiger partial charge in [-0.3, -0.25) is 0 Å². The lowest BCUT2D eigenvalue weighted by Gasteiger charge is -2.03. The van der Waals surface area contributed by atoms with E-state index >= 15 is 0 Å². The van der Waals surface area contributed by atoms with Crippen LogP contribution in [0.4, 0.5) is 0 Å². The fourth-order valence-electron chi connectivity index (χ4n) is 1.77. The highest BCUT2D eigenvalue weighted by Crippen LogP contribution is 2.20.